The Morgan fingerprint density at radius 2 is 1.69 bits per heavy atom. The van der Waals surface area contributed by atoms with E-state index in [9.17, 15) is 9.59 Å². The monoisotopic (exact) mass is 433 g/mol. The van der Waals surface area contributed by atoms with Crippen LogP contribution in [0.15, 0.2) is 54.6 Å². The number of amides is 3. The molecule has 1 saturated carbocycles. The molecule has 170 valence electrons. The second-order valence-corrected chi connectivity index (χ2v) is 9.29. The van der Waals surface area contributed by atoms with E-state index < -0.39 is 0 Å². The molecule has 32 heavy (non-hydrogen) atoms. The minimum atomic E-state index is -0.128. The molecule has 2 atom stereocenters. The Bertz CT molecular complexity index is 906. The van der Waals surface area contributed by atoms with Gasteiger partial charge < -0.3 is 10.2 Å². The summed E-state index contributed by atoms with van der Waals surface area (Å²) in [6.45, 7) is 3.49. The molecule has 2 aromatic rings. The van der Waals surface area contributed by atoms with Crippen LogP contribution in [-0.2, 0) is 11.2 Å². The van der Waals surface area contributed by atoms with Gasteiger partial charge in [-0.15, -0.1) is 0 Å². The Morgan fingerprint density at radius 1 is 1.00 bits per heavy atom. The number of anilines is 1. The molecule has 1 N–H and O–H groups in total. The molecule has 0 radical (unpaired) electrons. The third-order valence-electron chi connectivity index (χ3n) is 7.10. The lowest BCUT2D eigenvalue weighted by Crippen LogP contribution is -2.55. The van der Waals surface area contributed by atoms with Gasteiger partial charge in [0.15, 0.2) is 0 Å². The van der Waals surface area contributed by atoms with Gasteiger partial charge in [-0.1, -0.05) is 62.2 Å². The number of aryl methyl sites for hydroxylation is 1. The van der Waals surface area contributed by atoms with Crippen LogP contribution in [0.5, 0.6) is 0 Å². The number of rotatable bonds is 5. The maximum atomic E-state index is 13.3. The van der Waals surface area contributed by atoms with E-state index in [0.29, 0.717) is 6.54 Å². The number of benzene rings is 2. The first-order valence-corrected chi connectivity index (χ1v) is 12.0. The van der Waals surface area contributed by atoms with Crippen LogP contribution in [0.25, 0.3) is 0 Å². The normalized spacial score (nSPS) is 21.4. The smallest absolute Gasteiger partial charge is 0.321 e. The number of para-hydroxylation sites is 1. The molecule has 2 unspecified atom stereocenters. The second-order valence-electron chi connectivity index (χ2n) is 9.29. The van der Waals surface area contributed by atoms with Crippen LogP contribution in [0.1, 0.15) is 56.1 Å². The molecule has 3 amide bonds. The highest BCUT2D eigenvalue weighted by atomic mass is 16.2. The first-order chi connectivity index (χ1) is 15.5. The zero-order chi connectivity index (χ0) is 22.5. The molecule has 2 aromatic carbocycles. The van der Waals surface area contributed by atoms with Gasteiger partial charge in [-0.25, -0.2) is 4.79 Å². The number of urea groups is 1. The molecular weight excluding hydrogens is 398 g/mol. The Morgan fingerprint density at radius 3 is 2.34 bits per heavy atom. The lowest BCUT2D eigenvalue weighted by Gasteiger charge is -2.40. The number of nitrogens with zero attached hydrogens (tertiary/aromatic N) is 2. The number of hydrogen-bond donors (Lipinski definition) is 1. The number of nitrogens with one attached hydrogen (secondary N) is 1. The van der Waals surface area contributed by atoms with Crippen molar-refractivity contribution in [3.63, 3.8) is 0 Å². The molecule has 1 aliphatic heterocycles. The largest absolute Gasteiger partial charge is 0.340 e. The number of carbonyl (C=O) groups excluding carboxylic acids is 2. The highest BCUT2D eigenvalue weighted by Crippen LogP contribution is 2.32. The molecule has 2 aliphatic rings. The van der Waals surface area contributed by atoms with Crippen molar-refractivity contribution in [2.75, 3.05) is 25.0 Å². The maximum absolute atomic E-state index is 13.3. The lowest BCUT2D eigenvalue weighted by molar-refractivity contribution is -0.137. The third-order valence-corrected chi connectivity index (χ3v) is 7.10. The molecule has 1 aliphatic carbocycles. The van der Waals surface area contributed by atoms with E-state index in [1.165, 1.54) is 11.1 Å². The molecular formula is C27H35N3O2. The van der Waals surface area contributed by atoms with E-state index in [2.05, 4.69) is 36.5 Å². The molecule has 4 rings (SSSR count). The number of likely N-dealkylation sites (tertiary alicyclic amines) is 1. The summed E-state index contributed by atoms with van der Waals surface area (Å²) in [6.07, 6.45) is 6.15. The van der Waals surface area contributed by atoms with Gasteiger partial charge in [-0.3, -0.25) is 9.69 Å². The van der Waals surface area contributed by atoms with Crippen LogP contribution >= 0.6 is 0 Å². The van der Waals surface area contributed by atoms with E-state index >= 15 is 0 Å². The zero-order valence-electron chi connectivity index (χ0n) is 19.3. The van der Waals surface area contributed by atoms with Crippen molar-refractivity contribution in [3.8, 4) is 0 Å². The average molecular weight is 434 g/mol. The van der Waals surface area contributed by atoms with E-state index in [1.807, 2.05) is 35.2 Å². The van der Waals surface area contributed by atoms with E-state index in [4.69, 9.17) is 0 Å². The van der Waals surface area contributed by atoms with Gasteiger partial charge in [0.25, 0.3) is 0 Å². The van der Waals surface area contributed by atoms with Gasteiger partial charge >= 0.3 is 6.03 Å². The molecule has 5 nitrogen and oxygen atoms in total. The van der Waals surface area contributed by atoms with Crippen molar-refractivity contribution < 1.29 is 9.59 Å². The summed E-state index contributed by atoms with van der Waals surface area (Å²) < 4.78 is 0. The van der Waals surface area contributed by atoms with Crippen molar-refractivity contribution in [2.45, 2.75) is 57.4 Å². The summed E-state index contributed by atoms with van der Waals surface area (Å²) in [6, 6.07) is 18.2. The summed E-state index contributed by atoms with van der Waals surface area (Å²) in [7, 11) is 1.79. The minimum Gasteiger partial charge on any atom is -0.340 e. The minimum absolute atomic E-state index is 0.0661. The van der Waals surface area contributed by atoms with E-state index in [-0.39, 0.29) is 29.8 Å². The fourth-order valence-corrected chi connectivity index (χ4v) is 5.12. The van der Waals surface area contributed by atoms with E-state index in [1.54, 1.807) is 11.9 Å². The second kappa shape index (κ2) is 10.2. The molecule has 2 fully saturated rings. The van der Waals surface area contributed by atoms with Crippen LogP contribution in [0.4, 0.5) is 10.5 Å². The van der Waals surface area contributed by atoms with E-state index in [0.717, 1.165) is 50.8 Å². The first-order valence-electron chi connectivity index (χ1n) is 12.0. The van der Waals surface area contributed by atoms with Crippen LogP contribution in [-0.4, -0.2) is 43.0 Å². The van der Waals surface area contributed by atoms with Gasteiger partial charge in [0.05, 0.1) is 0 Å². The van der Waals surface area contributed by atoms with Crippen LogP contribution in [0.3, 0.4) is 0 Å². The molecule has 5 heteroatoms. The van der Waals surface area contributed by atoms with Gasteiger partial charge in [0, 0.05) is 43.7 Å². The Balaban J connectivity index is 1.50. The molecule has 1 heterocycles. The third kappa shape index (κ3) is 5.14. The summed E-state index contributed by atoms with van der Waals surface area (Å²) in [4.78, 5) is 29.9. The predicted octanol–water partition coefficient (Wildman–Crippen LogP) is 4.97. The molecule has 0 aromatic heterocycles. The van der Waals surface area contributed by atoms with Gasteiger partial charge in [-0.05, 0) is 48.9 Å². The topological polar surface area (TPSA) is 52.7 Å². The summed E-state index contributed by atoms with van der Waals surface area (Å²) >= 11 is 0. The number of carbonyl (C=O) groups is 2. The fourth-order valence-electron chi connectivity index (χ4n) is 5.12. The highest BCUT2D eigenvalue weighted by molar-refractivity contribution is 5.91. The average Bonchev–Trinajstić information content (AvgIpc) is 3.38. The SMILES string of the molecule is CCc1ccc(C2CC(NC(=O)N(C)c3ccccc3)CN(C(=O)C3CCCC3)C2)cc1. The van der Waals surface area contributed by atoms with Crippen molar-refractivity contribution in [1.29, 1.82) is 0 Å². The zero-order valence-corrected chi connectivity index (χ0v) is 19.3. The lowest BCUT2D eigenvalue weighted by atomic mass is 9.86. The van der Waals surface area contributed by atoms with Crippen molar-refractivity contribution in [1.82, 2.24) is 10.2 Å². The number of hydrogen-bond acceptors (Lipinski definition) is 2. The first kappa shape index (κ1) is 22.4. The summed E-state index contributed by atoms with van der Waals surface area (Å²) in [5.41, 5.74) is 3.42. The van der Waals surface area contributed by atoms with Gasteiger partial charge in [0.1, 0.15) is 0 Å². The van der Waals surface area contributed by atoms with Crippen LogP contribution in [0.2, 0.25) is 0 Å². The summed E-state index contributed by atoms with van der Waals surface area (Å²) in [5.74, 6) is 0.653. The Hall–Kier alpha value is -2.82. The van der Waals surface area contributed by atoms with Gasteiger partial charge in [0.2, 0.25) is 5.91 Å². The highest BCUT2D eigenvalue weighted by Gasteiger charge is 2.35. The van der Waals surface area contributed by atoms with Crippen molar-refractivity contribution in [2.24, 2.45) is 5.92 Å². The Labute approximate surface area is 191 Å². The quantitative estimate of drug-likeness (QED) is 0.724. The summed E-state index contributed by atoms with van der Waals surface area (Å²) in [5, 5.41) is 3.21. The Kier molecular flexibility index (Phi) is 7.13. The van der Waals surface area contributed by atoms with Crippen molar-refractivity contribution >= 4 is 17.6 Å². The standard InChI is InChI=1S/C27H35N3O2/c1-3-20-13-15-21(16-14-20)23-17-24(19-30(18-23)26(31)22-9-7-8-10-22)28-27(32)29(2)25-11-5-4-6-12-25/h4-6,11-16,22-24H,3,7-10,17-19H2,1-2H3,(H,28,32). The van der Waals surface area contributed by atoms with Crippen LogP contribution in [0, 0.1) is 5.92 Å². The van der Waals surface area contributed by atoms with Crippen LogP contribution < -0.4 is 10.2 Å². The fraction of sp³-hybridized carbons (Fsp3) is 0.481. The maximum Gasteiger partial charge on any atom is 0.321 e. The van der Waals surface area contributed by atoms with Gasteiger partial charge in [-0.2, -0.15) is 0 Å². The molecule has 0 bridgehead atoms. The number of piperidine rings is 1. The van der Waals surface area contributed by atoms with Crippen molar-refractivity contribution in [3.05, 3.63) is 65.7 Å². The predicted molar refractivity (Wildman–Crippen MR) is 129 cm³/mol. The molecule has 0 spiro atoms. The molecule has 1 saturated heterocycles.